The van der Waals surface area contributed by atoms with Crippen molar-refractivity contribution >= 4 is 50.2 Å². The molecule has 3 atom stereocenters. The Morgan fingerprint density at radius 1 is 0.979 bits per heavy atom. The molecule has 2 aromatic carbocycles. The van der Waals surface area contributed by atoms with Crippen LogP contribution in [0.4, 0.5) is 15.3 Å². The molecule has 3 unspecified atom stereocenters. The van der Waals surface area contributed by atoms with Crippen LogP contribution in [0.25, 0.3) is 0 Å². The quantitative estimate of drug-likeness (QED) is 0.0638. The summed E-state index contributed by atoms with van der Waals surface area (Å²) in [7, 11) is 0. The van der Waals surface area contributed by atoms with Gasteiger partial charge in [-0.25, -0.2) is 14.4 Å². The van der Waals surface area contributed by atoms with Crippen molar-refractivity contribution in [1.29, 1.82) is 0 Å². The lowest BCUT2D eigenvalue weighted by molar-refractivity contribution is -0.195. The van der Waals surface area contributed by atoms with Crippen LogP contribution >= 0.6 is 22.6 Å². The third-order valence-electron chi connectivity index (χ3n) is 6.68. The van der Waals surface area contributed by atoms with Gasteiger partial charge in [0.2, 0.25) is 6.29 Å². The summed E-state index contributed by atoms with van der Waals surface area (Å²) in [6.45, 7) is 0.712. The molecular weight excluding hydrogens is 747 g/mol. The van der Waals surface area contributed by atoms with Crippen molar-refractivity contribution < 1.29 is 62.9 Å². The van der Waals surface area contributed by atoms with E-state index in [4.69, 9.17) is 34.8 Å². The van der Waals surface area contributed by atoms with Gasteiger partial charge in [0.15, 0.2) is 6.10 Å². The zero-order chi connectivity index (χ0) is 34.9. The molecule has 0 spiro atoms. The zero-order valence-corrected chi connectivity index (χ0v) is 28.0. The maximum Gasteiger partial charge on any atom is 0.411 e. The molecule has 1 aliphatic rings. The molecule has 15 nitrogen and oxygen atoms in total. The molecule has 48 heavy (non-hydrogen) atoms. The average Bonchev–Trinajstić information content (AvgIpc) is 3.06. The third kappa shape index (κ3) is 13.3. The van der Waals surface area contributed by atoms with Gasteiger partial charge in [0.05, 0.1) is 73.0 Å². The molecule has 5 N–H and O–H groups in total. The Hall–Kier alpha value is -3.99. The highest BCUT2D eigenvalue weighted by Crippen LogP contribution is 2.27. The summed E-state index contributed by atoms with van der Waals surface area (Å²) >= 11 is 1.47. The lowest BCUT2D eigenvalue weighted by Gasteiger charge is -2.31. The molecule has 0 saturated carbocycles. The molecule has 0 bridgehead atoms. The molecule has 3 rings (SSSR count). The minimum Gasteiger partial charge on any atom is -0.479 e. The third-order valence-corrected chi connectivity index (χ3v) is 7.00. The molecule has 2 amide bonds. The van der Waals surface area contributed by atoms with Crippen molar-refractivity contribution in [3.63, 3.8) is 0 Å². The van der Waals surface area contributed by atoms with Crippen LogP contribution in [0.1, 0.15) is 46.3 Å². The highest BCUT2D eigenvalue weighted by Gasteiger charge is 2.34. The molecule has 2 aromatic rings. The van der Waals surface area contributed by atoms with E-state index in [0.717, 1.165) is 0 Å². The van der Waals surface area contributed by atoms with E-state index in [1.807, 2.05) is 0 Å². The number of aliphatic hydroxyl groups is 2. The SMILES string of the molecule is C#CCCOCCOCCNC(=O)c1cc(COC(=O)Nc2ccc(CO)cc2COC(=O)I)ccc1OC1CC(O)CC(C(=O)O)O1. The standard InChI is InChI=1S/C32H37IN2O13/c1-2-3-9-43-11-12-44-10-8-34-29(38)24-14-21(5-7-26(24)47-28-16-23(37)15-27(48-28)30(39)40)18-46-32(42)35-25-6-4-20(17-36)13-22(25)19-45-31(33)41/h1,4-7,13-14,23,27-28,36-37H,3,8-12,15-19H2,(H,34,38)(H,35,42)(H,39,40). The second-order valence-corrected chi connectivity index (χ2v) is 11.2. The van der Waals surface area contributed by atoms with Crippen LogP contribution in [0.5, 0.6) is 5.75 Å². The number of anilines is 1. The summed E-state index contributed by atoms with van der Waals surface area (Å²) in [4.78, 5) is 48.7. The fraction of sp³-hybridized carbons (Fsp3) is 0.438. The van der Waals surface area contributed by atoms with Gasteiger partial charge < -0.3 is 49.1 Å². The maximum absolute atomic E-state index is 13.2. The van der Waals surface area contributed by atoms with Gasteiger partial charge in [-0.3, -0.25) is 10.1 Å². The lowest BCUT2D eigenvalue weighted by Crippen LogP contribution is -2.42. The average molecular weight is 785 g/mol. The van der Waals surface area contributed by atoms with Crippen molar-refractivity contribution in [3.05, 3.63) is 58.7 Å². The fourth-order valence-corrected chi connectivity index (χ4v) is 4.54. The molecule has 16 heteroatoms. The number of halogens is 1. The van der Waals surface area contributed by atoms with Crippen molar-refractivity contribution in [3.8, 4) is 18.1 Å². The first-order valence-corrected chi connectivity index (χ1v) is 15.9. The van der Waals surface area contributed by atoms with Crippen LogP contribution in [0.3, 0.4) is 0 Å². The smallest absolute Gasteiger partial charge is 0.411 e. The van der Waals surface area contributed by atoms with E-state index in [1.54, 1.807) is 12.1 Å². The predicted molar refractivity (Wildman–Crippen MR) is 176 cm³/mol. The van der Waals surface area contributed by atoms with Gasteiger partial charge in [0.1, 0.15) is 19.0 Å². The number of rotatable bonds is 18. The number of carboxylic acid groups (broad SMARTS) is 1. The number of carbonyl (C=O) groups excluding carboxylic acids is 3. The second kappa shape index (κ2) is 20.4. The minimum absolute atomic E-state index is 0.0224. The Morgan fingerprint density at radius 3 is 2.44 bits per heavy atom. The van der Waals surface area contributed by atoms with E-state index in [0.29, 0.717) is 48.6 Å². The van der Waals surface area contributed by atoms with Gasteiger partial charge in [-0.1, -0.05) is 12.1 Å². The molecule has 0 aromatic heterocycles. The molecule has 0 aliphatic carbocycles. The normalized spacial score (nSPS) is 17.1. The monoisotopic (exact) mass is 784 g/mol. The van der Waals surface area contributed by atoms with E-state index in [9.17, 15) is 34.5 Å². The van der Waals surface area contributed by atoms with Crippen LogP contribution in [0.15, 0.2) is 36.4 Å². The summed E-state index contributed by atoms with van der Waals surface area (Å²) in [5.74, 6) is 0.699. The number of benzene rings is 2. The van der Waals surface area contributed by atoms with Crippen LogP contribution in [0.2, 0.25) is 0 Å². The van der Waals surface area contributed by atoms with Gasteiger partial charge in [-0.05, 0) is 35.4 Å². The molecule has 1 heterocycles. The number of carboxylic acids is 1. The molecule has 0 radical (unpaired) electrons. The van der Waals surface area contributed by atoms with Gasteiger partial charge in [-0.2, -0.15) is 0 Å². The second-order valence-electron chi connectivity index (χ2n) is 10.3. The zero-order valence-electron chi connectivity index (χ0n) is 25.9. The predicted octanol–water partition coefficient (Wildman–Crippen LogP) is 3.11. The summed E-state index contributed by atoms with van der Waals surface area (Å²) in [5.41, 5.74) is 1.72. The largest absolute Gasteiger partial charge is 0.479 e. The van der Waals surface area contributed by atoms with Crippen molar-refractivity contribution in [2.75, 3.05) is 38.3 Å². The first kappa shape index (κ1) is 38.5. The summed E-state index contributed by atoms with van der Waals surface area (Å²) < 4.78 is 31.9. The number of aliphatic hydroxyl groups excluding tert-OH is 2. The maximum atomic E-state index is 13.2. The van der Waals surface area contributed by atoms with Crippen LogP contribution in [-0.2, 0) is 48.3 Å². The molecule has 1 saturated heterocycles. The van der Waals surface area contributed by atoms with Gasteiger partial charge in [0.25, 0.3) is 5.91 Å². The van der Waals surface area contributed by atoms with E-state index >= 15 is 0 Å². The number of hydrogen-bond acceptors (Lipinski definition) is 12. The Morgan fingerprint density at radius 2 is 1.73 bits per heavy atom. The van der Waals surface area contributed by atoms with Gasteiger partial charge >= 0.3 is 16.0 Å². The molecular formula is C32H37IN2O13. The van der Waals surface area contributed by atoms with Crippen LogP contribution < -0.4 is 15.4 Å². The minimum atomic E-state index is -1.29. The van der Waals surface area contributed by atoms with Crippen LogP contribution in [-0.4, -0.2) is 88.7 Å². The topological polar surface area (TPSA) is 208 Å². The highest BCUT2D eigenvalue weighted by molar-refractivity contribution is 14.1. The molecule has 1 fully saturated rings. The van der Waals surface area contributed by atoms with E-state index in [-0.39, 0.29) is 57.1 Å². The van der Waals surface area contributed by atoms with E-state index in [1.165, 1.54) is 46.9 Å². The summed E-state index contributed by atoms with van der Waals surface area (Å²) in [6.07, 6.45) is 1.27. The Labute approximate surface area is 290 Å². The number of carbonyl (C=O) groups is 4. The van der Waals surface area contributed by atoms with E-state index in [2.05, 4.69) is 16.6 Å². The van der Waals surface area contributed by atoms with Crippen molar-refractivity contribution in [2.45, 2.75) is 57.6 Å². The van der Waals surface area contributed by atoms with Crippen molar-refractivity contribution in [1.82, 2.24) is 5.32 Å². The Bertz CT molecular complexity index is 1450. The van der Waals surface area contributed by atoms with Crippen molar-refractivity contribution in [2.24, 2.45) is 0 Å². The summed E-state index contributed by atoms with van der Waals surface area (Å²) in [5, 5.41) is 34.2. The lowest BCUT2D eigenvalue weighted by atomic mass is 10.0. The fourth-order valence-electron chi connectivity index (χ4n) is 4.38. The molecule has 260 valence electrons. The number of aliphatic carboxylic acids is 1. The Kier molecular flexibility index (Phi) is 16.3. The highest BCUT2D eigenvalue weighted by atomic mass is 127. The first-order chi connectivity index (χ1) is 23.1. The van der Waals surface area contributed by atoms with Gasteiger partial charge in [0, 0.05) is 31.4 Å². The number of terminal acetylenes is 1. The summed E-state index contributed by atoms with van der Waals surface area (Å²) in [6, 6.07) is 9.12. The number of amides is 2. The Balaban J connectivity index is 1.67. The number of nitrogens with one attached hydrogen (secondary N) is 2. The van der Waals surface area contributed by atoms with Gasteiger partial charge in [-0.15, -0.1) is 12.3 Å². The first-order valence-electron chi connectivity index (χ1n) is 14.8. The number of hydrogen-bond donors (Lipinski definition) is 5. The van der Waals surface area contributed by atoms with E-state index < -0.39 is 40.4 Å². The van der Waals surface area contributed by atoms with Crippen LogP contribution in [0, 0.1) is 12.3 Å². The number of ether oxygens (including phenoxy) is 6. The molecule has 1 aliphatic heterocycles.